The van der Waals surface area contributed by atoms with Crippen LogP contribution in [-0.2, 0) is 6.42 Å². The summed E-state index contributed by atoms with van der Waals surface area (Å²) >= 11 is 3.47. The minimum absolute atomic E-state index is 0.848. The Balaban J connectivity index is 2.75. The Labute approximate surface area is 78.7 Å². The summed E-state index contributed by atoms with van der Waals surface area (Å²) in [5.41, 5.74) is 2.10. The van der Waals surface area contributed by atoms with Crippen LogP contribution < -0.4 is 0 Å². The predicted octanol–water partition coefficient (Wildman–Crippen LogP) is 3.15. The number of fused-ring (bicyclic) bond motifs is 1. The summed E-state index contributed by atoms with van der Waals surface area (Å²) in [7, 11) is 0. The first-order valence-electron chi connectivity index (χ1n) is 3.84. The topological polar surface area (TPSA) is 26.0 Å². The average Bonchev–Trinajstić information content (AvgIpc) is 2.52. The van der Waals surface area contributed by atoms with Crippen molar-refractivity contribution in [2.45, 2.75) is 13.3 Å². The molecule has 2 nitrogen and oxygen atoms in total. The van der Waals surface area contributed by atoms with Crippen molar-refractivity contribution >= 4 is 26.9 Å². The molecule has 0 saturated carbocycles. The fraction of sp³-hybridized carbons (Fsp3) is 0.222. The maximum atomic E-state index is 5.06. The van der Waals surface area contributed by atoms with E-state index in [4.69, 9.17) is 4.52 Å². The molecule has 1 aromatic heterocycles. The monoisotopic (exact) mass is 225 g/mol. The normalized spacial score (nSPS) is 10.8. The molecule has 0 atom stereocenters. The van der Waals surface area contributed by atoms with Gasteiger partial charge in [0.25, 0.3) is 0 Å². The van der Waals surface area contributed by atoms with Gasteiger partial charge in [0.15, 0.2) is 5.58 Å². The summed E-state index contributed by atoms with van der Waals surface area (Å²) in [6, 6.07) is 4.12. The highest BCUT2D eigenvalue weighted by molar-refractivity contribution is 9.10. The van der Waals surface area contributed by atoms with Gasteiger partial charge in [-0.05, 0) is 40.0 Å². The van der Waals surface area contributed by atoms with E-state index in [2.05, 4.69) is 34.1 Å². The average molecular weight is 226 g/mol. The van der Waals surface area contributed by atoms with Crippen molar-refractivity contribution in [2.75, 3.05) is 0 Å². The highest BCUT2D eigenvalue weighted by atomic mass is 79.9. The first kappa shape index (κ1) is 7.80. The second-order valence-corrected chi connectivity index (χ2v) is 3.52. The van der Waals surface area contributed by atoms with E-state index in [0.29, 0.717) is 0 Å². The molecule has 0 amide bonds. The fourth-order valence-corrected chi connectivity index (χ4v) is 1.78. The van der Waals surface area contributed by atoms with Gasteiger partial charge in [0.05, 0.1) is 11.6 Å². The van der Waals surface area contributed by atoms with Crippen LogP contribution in [-0.4, -0.2) is 5.16 Å². The minimum atomic E-state index is 0.848. The number of hydrogen-bond donors (Lipinski definition) is 0. The van der Waals surface area contributed by atoms with Gasteiger partial charge in [-0.25, -0.2) is 0 Å². The third-order valence-electron chi connectivity index (χ3n) is 1.89. The Kier molecular flexibility index (Phi) is 1.89. The molecular weight excluding hydrogens is 218 g/mol. The zero-order chi connectivity index (χ0) is 8.55. The molecule has 0 fully saturated rings. The van der Waals surface area contributed by atoms with Crippen molar-refractivity contribution in [1.29, 1.82) is 0 Å². The molecule has 0 bridgehead atoms. The fourth-order valence-electron chi connectivity index (χ4n) is 1.19. The highest BCUT2D eigenvalue weighted by Gasteiger charge is 2.03. The number of rotatable bonds is 1. The van der Waals surface area contributed by atoms with Gasteiger partial charge >= 0.3 is 0 Å². The summed E-state index contributed by atoms with van der Waals surface area (Å²) < 4.78 is 6.12. The van der Waals surface area contributed by atoms with Crippen LogP contribution in [0, 0.1) is 0 Å². The zero-order valence-corrected chi connectivity index (χ0v) is 8.26. The van der Waals surface area contributed by atoms with E-state index in [1.165, 1.54) is 5.56 Å². The van der Waals surface area contributed by atoms with E-state index < -0.39 is 0 Å². The smallest absolute Gasteiger partial charge is 0.168 e. The molecule has 2 rings (SSSR count). The van der Waals surface area contributed by atoms with Crippen molar-refractivity contribution < 1.29 is 4.52 Å². The first-order chi connectivity index (χ1) is 5.81. The number of aromatic nitrogens is 1. The maximum Gasteiger partial charge on any atom is 0.168 e. The lowest BCUT2D eigenvalue weighted by Crippen LogP contribution is -1.79. The van der Waals surface area contributed by atoms with Crippen LogP contribution in [0.5, 0.6) is 0 Å². The summed E-state index contributed by atoms with van der Waals surface area (Å²) in [6.45, 7) is 2.12. The van der Waals surface area contributed by atoms with Gasteiger partial charge in [-0.15, -0.1) is 0 Å². The maximum absolute atomic E-state index is 5.06. The Hall–Kier alpha value is -0.830. The first-order valence-corrected chi connectivity index (χ1v) is 4.63. The molecule has 1 heterocycles. The standard InChI is InChI=1S/C9H8BrNO/c1-2-6-3-8(10)7-5-11-12-9(7)4-6/h3-5H,2H2,1H3. The molecule has 0 radical (unpaired) electrons. The van der Waals surface area contributed by atoms with Gasteiger partial charge in [0, 0.05) is 4.47 Å². The van der Waals surface area contributed by atoms with Crippen LogP contribution in [0.3, 0.4) is 0 Å². The molecule has 0 aliphatic rings. The quantitative estimate of drug-likeness (QED) is 0.746. The highest BCUT2D eigenvalue weighted by Crippen LogP contribution is 2.25. The van der Waals surface area contributed by atoms with Gasteiger partial charge < -0.3 is 4.52 Å². The Bertz CT molecular complexity index is 408. The van der Waals surface area contributed by atoms with Crippen LogP contribution in [0.25, 0.3) is 11.0 Å². The summed E-state index contributed by atoms with van der Waals surface area (Å²) in [4.78, 5) is 0. The summed E-state index contributed by atoms with van der Waals surface area (Å²) in [5.74, 6) is 0. The molecule has 12 heavy (non-hydrogen) atoms. The van der Waals surface area contributed by atoms with E-state index in [1.807, 2.05) is 6.07 Å². The number of benzene rings is 1. The lowest BCUT2D eigenvalue weighted by atomic mass is 10.1. The molecule has 2 aromatic rings. The second kappa shape index (κ2) is 2.90. The Morgan fingerprint density at radius 2 is 2.33 bits per heavy atom. The zero-order valence-electron chi connectivity index (χ0n) is 6.67. The van der Waals surface area contributed by atoms with Gasteiger partial charge in [-0.3, -0.25) is 0 Å². The molecular formula is C9H8BrNO. The number of nitrogens with zero attached hydrogens (tertiary/aromatic N) is 1. The lowest BCUT2D eigenvalue weighted by Gasteiger charge is -1.96. The predicted molar refractivity (Wildman–Crippen MR) is 51.1 cm³/mol. The van der Waals surface area contributed by atoms with E-state index >= 15 is 0 Å². The van der Waals surface area contributed by atoms with Crippen molar-refractivity contribution in [1.82, 2.24) is 5.16 Å². The van der Waals surface area contributed by atoms with Crippen LogP contribution in [0.1, 0.15) is 12.5 Å². The molecule has 0 aliphatic carbocycles. The molecule has 0 N–H and O–H groups in total. The summed E-state index contributed by atoms with van der Waals surface area (Å²) in [6.07, 6.45) is 2.73. The SMILES string of the molecule is CCc1cc(Br)c2cnoc2c1. The van der Waals surface area contributed by atoms with Crippen molar-refractivity contribution in [3.8, 4) is 0 Å². The summed E-state index contributed by atoms with van der Waals surface area (Å²) in [5, 5.41) is 4.77. The third-order valence-corrected chi connectivity index (χ3v) is 2.55. The van der Waals surface area contributed by atoms with E-state index in [-0.39, 0.29) is 0 Å². The van der Waals surface area contributed by atoms with E-state index in [1.54, 1.807) is 6.20 Å². The van der Waals surface area contributed by atoms with Crippen LogP contribution in [0.4, 0.5) is 0 Å². The Morgan fingerprint density at radius 3 is 3.08 bits per heavy atom. The second-order valence-electron chi connectivity index (χ2n) is 2.67. The number of aryl methyl sites for hydroxylation is 1. The van der Waals surface area contributed by atoms with E-state index in [0.717, 1.165) is 21.9 Å². The third kappa shape index (κ3) is 1.14. The van der Waals surface area contributed by atoms with Gasteiger partial charge in [-0.1, -0.05) is 12.1 Å². The molecule has 62 valence electrons. The number of halogens is 1. The molecule has 0 spiro atoms. The van der Waals surface area contributed by atoms with Crippen LogP contribution in [0.15, 0.2) is 27.3 Å². The molecule has 0 aliphatic heterocycles. The van der Waals surface area contributed by atoms with Crippen molar-refractivity contribution in [3.05, 3.63) is 28.4 Å². The molecule has 0 unspecified atom stereocenters. The van der Waals surface area contributed by atoms with E-state index in [9.17, 15) is 0 Å². The van der Waals surface area contributed by atoms with Crippen LogP contribution in [0.2, 0.25) is 0 Å². The lowest BCUT2D eigenvalue weighted by molar-refractivity contribution is 0.456. The molecule has 0 saturated heterocycles. The van der Waals surface area contributed by atoms with Crippen molar-refractivity contribution in [3.63, 3.8) is 0 Å². The minimum Gasteiger partial charge on any atom is -0.356 e. The molecule has 1 aromatic carbocycles. The largest absolute Gasteiger partial charge is 0.356 e. The van der Waals surface area contributed by atoms with Crippen molar-refractivity contribution in [2.24, 2.45) is 0 Å². The van der Waals surface area contributed by atoms with Gasteiger partial charge in [0.1, 0.15) is 0 Å². The molecule has 3 heteroatoms. The Morgan fingerprint density at radius 1 is 1.50 bits per heavy atom. The van der Waals surface area contributed by atoms with Crippen LogP contribution >= 0.6 is 15.9 Å². The van der Waals surface area contributed by atoms with Gasteiger partial charge in [-0.2, -0.15) is 0 Å². The van der Waals surface area contributed by atoms with Gasteiger partial charge in [0.2, 0.25) is 0 Å². The number of hydrogen-bond acceptors (Lipinski definition) is 2.